The first kappa shape index (κ1) is 21.0. The number of benzene rings is 2. The van der Waals surface area contributed by atoms with E-state index >= 15 is 0 Å². The van der Waals surface area contributed by atoms with Gasteiger partial charge in [0.25, 0.3) is 5.91 Å². The Kier molecular flexibility index (Phi) is 5.98. The molecule has 0 fully saturated rings. The van der Waals surface area contributed by atoms with Crippen molar-refractivity contribution < 1.29 is 19.1 Å². The van der Waals surface area contributed by atoms with Crippen LogP contribution >= 0.6 is 0 Å². The average Bonchev–Trinajstić information content (AvgIpc) is 3.26. The maximum absolute atomic E-state index is 12.8. The summed E-state index contributed by atoms with van der Waals surface area (Å²) in [5, 5.41) is 6.65. The molecule has 3 unspecified atom stereocenters. The topological polar surface area (TPSA) is 76.7 Å². The Morgan fingerprint density at radius 3 is 2.77 bits per heavy atom. The minimum absolute atomic E-state index is 0.00657. The number of amides is 1. The summed E-state index contributed by atoms with van der Waals surface area (Å²) in [6.45, 7) is 4.05. The first-order chi connectivity index (χ1) is 15.0. The third-order valence-electron chi connectivity index (χ3n) is 5.98. The van der Waals surface area contributed by atoms with Gasteiger partial charge in [-0.15, -0.1) is 0 Å². The number of methoxy groups -OCH3 is 1. The number of rotatable bonds is 6. The first-order valence-corrected chi connectivity index (χ1v) is 10.7. The van der Waals surface area contributed by atoms with Crippen LogP contribution < -0.4 is 20.1 Å². The summed E-state index contributed by atoms with van der Waals surface area (Å²) in [5.41, 5.74) is 3.73. The molecular weight excluding hydrogens is 392 g/mol. The molecule has 6 nitrogen and oxygen atoms in total. The summed E-state index contributed by atoms with van der Waals surface area (Å²) in [7, 11) is 1.56. The van der Waals surface area contributed by atoms with Crippen molar-refractivity contribution in [3.63, 3.8) is 0 Å². The summed E-state index contributed by atoms with van der Waals surface area (Å²) >= 11 is 0. The van der Waals surface area contributed by atoms with Gasteiger partial charge in [0, 0.05) is 19.4 Å². The van der Waals surface area contributed by atoms with Gasteiger partial charge in [0.15, 0.2) is 11.5 Å². The Morgan fingerprint density at radius 1 is 1.19 bits per heavy atom. The van der Waals surface area contributed by atoms with Crippen LogP contribution in [0.3, 0.4) is 0 Å². The molecule has 31 heavy (non-hydrogen) atoms. The lowest BCUT2D eigenvalue weighted by Gasteiger charge is -2.38. The van der Waals surface area contributed by atoms with E-state index in [0.29, 0.717) is 29.5 Å². The molecule has 4 rings (SSSR count). The number of carbonyl (C=O) groups excluding carboxylic acids is 2. The third kappa shape index (κ3) is 4.02. The Labute approximate surface area is 182 Å². The van der Waals surface area contributed by atoms with E-state index in [0.717, 1.165) is 29.7 Å². The van der Waals surface area contributed by atoms with Crippen molar-refractivity contribution in [1.82, 2.24) is 5.32 Å². The van der Waals surface area contributed by atoms with Crippen LogP contribution in [0.1, 0.15) is 60.1 Å². The van der Waals surface area contributed by atoms with Crippen LogP contribution in [-0.4, -0.2) is 25.5 Å². The van der Waals surface area contributed by atoms with Crippen molar-refractivity contribution in [3.05, 3.63) is 65.2 Å². The van der Waals surface area contributed by atoms with E-state index in [9.17, 15) is 9.59 Å². The third-order valence-corrected chi connectivity index (χ3v) is 5.98. The molecule has 162 valence electrons. The van der Waals surface area contributed by atoms with Crippen LogP contribution in [0.15, 0.2) is 48.6 Å². The van der Waals surface area contributed by atoms with Crippen LogP contribution in [0.4, 0.5) is 5.69 Å². The van der Waals surface area contributed by atoms with E-state index in [1.807, 2.05) is 31.2 Å². The number of hydrogen-bond acceptors (Lipinski definition) is 5. The predicted octanol–water partition coefficient (Wildman–Crippen LogP) is 4.59. The van der Waals surface area contributed by atoms with Crippen molar-refractivity contribution in [2.24, 2.45) is 5.92 Å². The van der Waals surface area contributed by atoms with Crippen LogP contribution in [0.25, 0.3) is 0 Å². The van der Waals surface area contributed by atoms with Gasteiger partial charge in [0.1, 0.15) is 0 Å². The Balaban J connectivity index is 1.73. The van der Waals surface area contributed by atoms with E-state index in [4.69, 9.17) is 9.47 Å². The first-order valence-electron chi connectivity index (χ1n) is 10.7. The molecule has 1 amide bonds. The summed E-state index contributed by atoms with van der Waals surface area (Å²) in [5.74, 6) is 1.02. The number of carbonyl (C=O) groups is 2. The van der Waals surface area contributed by atoms with Gasteiger partial charge in [-0.3, -0.25) is 9.59 Å². The molecule has 0 aromatic heterocycles. The molecule has 2 aromatic rings. The fourth-order valence-corrected chi connectivity index (χ4v) is 4.59. The Morgan fingerprint density at radius 2 is 2.03 bits per heavy atom. The second kappa shape index (κ2) is 8.84. The molecule has 0 radical (unpaired) electrons. The van der Waals surface area contributed by atoms with Gasteiger partial charge >= 0.3 is 5.97 Å². The zero-order valence-corrected chi connectivity index (χ0v) is 18.1. The van der Waals surface area contributed by atoms with Crippen LogP contribution in [0.2, 0.25) is 0 Å². The lowest BCUT2D eigenvalue weighted by Crippen LogP contribution is -2.32. The number of para-hydroxylation sites is 1. The highest BCUT2D eigenvalue weighted by Gasteiger charge is 2.39. The van der Waals surface area contributed by atoms with Crippen molar-refractivity contribution in [1.29, 1.82) is 0 Å². The Bertz CT molecular complexity index is 1030. The quantitative estimate of drug-likeness (QED) is 0.406. The van der Waals surface area contributed by atoms with E-state index < -0.39 is 5.97 Å². The van der Waals surface area contributed by atoms with E-state index in [1.165, 1.54) is 6.92 Å². The maximum atomic E-state index is 12.8. The van der Waals surface area contributed by atoms with Crippen molar-refractivity contribution in [2.75, 3.05) is 19.0 Å². The molecule has 0 saturated carbocycles. The zero-order valence-electron chi connectivity index (χ0n) is 18.1. The fourth-order valence-electron chi connectivity index (χ4n) is 4.59. The highest BCUT2D eigenvalue weighted by molar-refractivity contribution is 6.00. The molecule has 3 atom stereocenters. The number of hydrogen-bond donors (Lipinski definition) is 2. The smallest absolute Gasteiger partial charge is 0.308 e. The van der Waals surface area contributed by atoms with E-state index in [1.54, 1.807) is 13.2 Å². The molecule has 0 bridgehead atoms. The lowest BCUT2D eigenvalue weighted by atomic mass is 9.76. The molecular formula is C25H28N2O4. The van der Waals surface area contributed by atoms with Gasteiger partial charge in [0.2, 0.25) is 0 Å². The van der Waals surface area contributed by atoms with Gasteiger partial charge in [-0.1, -0.05) is 37.3 Å². The van der Waals surface area contributed by atoms with Crippen molar-refractivity contribution in [2.45, 2.75) is 38.6 Å². The molecule has 1 aliphatic carbocycles. The molecule has 0 saturated heterocycles. The van der Waals surface area contributed by atoms with Crippen LogP contribution in [0.5, 0.6) is 11.5 Å². The number of ether oxygens (including phenoxy) is 2. The minimum Gasteiger partial charge on any atom is -0.493 e. The molecule has 6 heteroatoms. The second-order valence-corrected chi connectivity index (χ2v) is 8.01. The standard InChI is InChI=1S/C25H28N2O4/c1-4-13-26-25(29)20-10-6-9-19-17-7-5-8-18(17)23(27-24(19)20)16-11-12-21(31-15(2)28)22(14-16)30-3/h5-7,9-12,14,17-18,23,27H,4,8,13H2,1-3H3,(H,26,29). The molecule has 2 aromatic carbocycles. The van der Waals surface area contributed by atoms with E-state index in [2.05, 4.69) is 28.9 Å². The second-order valence-electron chi connectivity index (χ2n) is 8.01. The van der Waals surface area contributed by atoms with Crippen molar-refractivity contribution in [3.8, 4) is 11.5 Å². The molecule has 2 aliphatic rings. The normalized spacial score (nSPS) is 20.9. The highest BCUT2D eigenvalue weighted by atomic mass is 16.6. The summed E-state index contributed by atoms with van der Waals surface area (Å²) in [6, 6.07) is 11.6. The summed E-state index contributed by atoms with van der Waals surface area (Å²) in [4.78, 5) is 24.2. The monoisotopic (exact) mass is 420 g/mol. The van der Waals surface area contributed by atoms with Crippen molar-refractivity contribution >= 4 is 17.6 Å². The number of anilines is 1. The van der Waals surface area contributed by atoms with E-state index in [-0.39, 0.29) is 17.9 Å². The van der Waals surface area contributed by atoms with Crippen LogP contribution in [-0.2, 0) is 4.79 Å². The maximum Gasteiger partial charge on any atom is 0.308 e. The summed E-state index contributed by atoms with van der Waals surface area (Å²) < 4.78 is 10.7. The number of fused-ring (bicyclic) bond motifs is 3. The fraction of sp³-hybridized carbons (Fsp3) is 0.360. The zero-order chi connectivity index (χ0) is 22.0. The van der Waals surface area contributed by atoms with Gasteiger partial charge in [0.05, 0.1) is 24.4 Å². The molecule has 0 spiro atoms. The predicted molar refractivity (Wildman–Crippen MR) is 120 cm³/mol. The van der Waals surface area contributed by atoms with Gasteiger partial charge in [-0.2, -0.15) is 0 Å². The number of esters is 1. The van der Waals surface area contributed by atoms with Gasteiger partial charge in [-0.25, -0.2) is 0 Å². The minimum atomic E-state index is -0.390. The van der Waals surface area contributed by atoms with Gasteiger partial charge in [-0.05, 0) is 48.1 Å². The van der Waals surface area contributed by atoms with Crippen LogP contribution in [0, 0.1) is 5.92 Å². The Hall–Kier alpha value is -3.28. The molecule has 2 N–H and O–H groups in total. The average molecular weight is 421 g/mol. The SMILES string of the molecule is CCCNC(=O)c1cccc2c1NC(c1ccc(OC(C)=O)c(OC)c1)C1CC=CC21. The van der Waals surface area contributed by atoms with Gasteiger partial charge < -0.3 is 20.1 Å². The number of allylic oxidation sites excluding steroid dienone is 2. The largest absolute Gasteiger partial charge is 0.493 e. The summed E-state index contributed by atoms with van der Waals surface area (Å²) in [6.07, 6.45) is 6.30. The molecule has 1 aliphatic heterocycles. The highest BCUT2D eigenvalue weighted by Crippen LogP contribution is 2.51. The number of nitrogens with one attached hydrogen (secondary N) is 2. The molecule has 1 heterocycles. The lowest BCUT2D eigenvalue weighted by molar-refractivity contribution is -0.132.